The molecular weight excluding hydrogens is 148 g/mol. The van der Waals surface area contributed by atoms with E-state index in [4.69, 9.17) is 10.7 Å². The first-order chi connectivity index (χ1) is 3.81. The van der Waals surface area contributed by atoms with E-state index < -0.39 is 0 Å². The fraction of sp³-hybridized carbons (Fsp3) is 0.750. The minimum atomic E-state index is -0.257. The summed E-state index contributed by atoms with van der Waals surface area (Å²) in [7, 11) is 6.10. The van der Waals surface area contributed by atoms with Crippen LogP contribution in [0.2, 0.25) is 0 Å². The average Bonchev–Trinajstić information content (AvgIpc) is 1.68. The standard InChI is InChI=1S/C4H7ClO2S/c1-2-7-4(6)3-8-5/h2-3H2,1H3. The topological polar surface area (TPSA) is 26.3 Å². The molecule has 0 heterocycles. The normalized spacial score (nSPS) is 8.75. The predicted octanol–water partition coefficient (Wildman–Crippen LogP) is 1.44. The van der Waals surface area contributed by atoms with E-state index in [0.29, 0.717) is 6.61 Å². The van der Waals surface area contributed by atoms with Gasteiger partial charge in [0, 0.05) is 0 Å². The van der Waals surface area contributed by atoms with Crippen LogP contribution in [0.1, 0.15) is 6.92 Å². The minimum absolute atomic E-state index is 0.232. The van der Waals surface area contributed by atoms with Crippen molar-refractivity contribution < 1.29 is 9.53 Å². The van der Waals surface area contributed by atoms with Gasteiger partial charge < -0.3 is 4.74 Å². The van der Waals surface area contributed by atoms with E-state index in [0.717, 1.165) is 11.0 Å². The fourth-order valence-electron chi connectivity index (χ4n) is 0.247. The molecule has 0 atom stereocenters. The Balaban J connectivity index is 3.06. The van der Waals surface area contributed by atoms with Crippen LogP contribution in [0.15, 0.2) is 0 Å². The molecule has 0 aliphatic heterocycles. The van der Waals surface area contributed by atoms with Crippen molar-refractivity contribution >= 4 is 27.6 Å². The highest BCUT2D eigenvalue weighted by Crippen LogP contribution is 2.04. The third-order valence-corrected chi connectivity index (χ3v) is 1.15. The second-order valence-corrected chi connectivity index (χ2v) is 2.22. The summed E-state index contributed by atoms with van der Waals surface area (Å²) in [6.07, 6.45) is 0. The molecule has 4 heteroatoms. The Hall–Kier alpha value is 0.110. The molecule has 2 nitrogen and oxygen atoms in total. The summed E-state index contributed by atoms with van der Waals surface area (Å²) in [5.41, 5.74) is 0. The van der Waals surface area contributed by atoms with E-state index in [2.05, 4.69) is 4.74 Å². The van der Waals surface area contributed by atoms with E-state index in [-0.39, 0.29) is 11.7 Å². The number of hydrogen-bond acceptors (Lipinski definition) is 3. The largest absolute Gasteiger partial charge is 0.465 e. The van der Waals surface area contributed by atoms with E-state index in [9.17, 15) is 4.79 Å². The van der Waals surface area contributed by atoms with Gasteiger partial charge >= 0.3 is 5.97 Å². The molecule has 0 rings (SSSR count). The average molecular weight is 155 g/mol. The molecule has 0 aromatic rings. The lowest BCUT2D eigenvalue weighted by molar-refractivity contribution is -0.139. The SMILES string of the molecule is CCOC(=O)CSCl. The Kier molecular flexibility index (Phi) is 5.32. The van der Waals surface area contributed by atoms with Crippen molar-refractivity contribution in [1.29, 1.82) is 0 Å². The number of carbonyl (C=O) groups is 1. The fourth-order valence-corrected chi connectivity index (χ4v) is 0.687. The molecule has 0 N–H and O–H groups in total. The van der Waals surface area contributed by atoms with Gasteiger partial charge in [-0.1, -0.05) is 0 Å². The van der Waals surface area contributed by atoms with Crippen LogP contribution in [0.4, 0.5) is 0 Å². The second kappa shape index (κ2) is 5.25. The molecular formula is C4H7ClO2S. The Morgan fingerprint density at radius 2 is 2.50 bits per heavy atom. The maximum atomic E-state index is 10.3. The first-order valence-electron chi connectivity index (χ1n) is 2.20. The van der Waals surface area contributed by atoms with Gasteiger partial charge in [-0.2, -0.15) is 0 Å². The van der Waals surface area contributed by atoms with Gasteiger partial charge in [-0.3, -0.25) is 4.79 Å². The predicted molar refractivity (Wildman–Crippen MR) is 34.9 cm³/mol. The summed E-state index contributed by atoms with van der Waals surface area (Å²) in [6.45, 7) is 2.19. The number of esters is 1. The summed E-state index contributed by atoms with van der Waals surface area (Å²) < 4.78 is 4.54. The van der Waals surface area contributed by atoms with Crippen LogP contribution in [0.5, 0.6) is 0 Å². The van der Waals surface area contributed by atoms with Crippen molar-refractivity contribution in [2.24, 2.45) is 0 Å². The van der Waals surface area contributed by atoms with Crippen molar-refractivity contribution in [3.63, 3.8) is 0 Å². The zero-order chi connectivity index (χ0) is 6.41. The van der Waals surface area contributed by atoms with Crippen LogP contribution in [0.3, 0.4) is 0 Å². The van der Waals surface area contributed by atoms with Crippen molar-refractivity contribution in [3.8, 4) is 0 Å². The van der Waals surface area contributed by atoms with E-state index >= 15 is 0 Å². The molecule has 0 unspecified atom stereocenters. The molecule has 0 saturated carbocycles. The summed E-state index contributed by atoms with van der Waals surface area (Å²) in [5.74, 6) is -0.0254. The first kappa shape index (κ1) is 8.11. The van der Waals surface area contributed by atoms with Gasteiger partial charge in [-0.25, -0.2) is 0 Å². The number of hydrogen-bond donors (Lipinski definition) is 0. The Morgan fingerprint density at radius 3 is 2.88 bits per heavy atom. The van der Waals surface area contributed by atoms with Crippen LogP contribution in [-0.4, -0.2) is 18.3 Å². The molecule has 0 saturated heterocycles. The third-order valence-electron chi connectivity index (χ3n) is 0.478. The summed E-state index contributed by atoms with van der Waals surface area (Å²) in [4.78, 5) is 10.3. The van der Waals surface area contributed by atoms with Crippen LogP contribution < -0.4 is 0 Å². The lowest BCUT2D eigenvalue weighted by Crippen LogP contribution is -2.05. The Bertz CT molecular complexity index is 68.4. The van der Waals surface area contributed by atoms with Gasteiger partial charge in [-0.05, 0) is 28.6 Å². The minimum Gasteiger partial charge on any atom is -0.465 e. The molecule has 0 radical (unpaired) electrons. The van der Waals surface area contributed by atoms with Crippen LogP contribution in [0.25, 0.3) is 0 Å². The van der Waals surface area contributed by atoms with Crippen LogP contribution in [-0.2, 0) is 9.53 Å². The third kappa shape index (κ3) is 4.27. The van der Waals surface area contributed by atoms with Crippen molar-refractivity contribution in [1.82, 2.24) is 0 Å². The lowest BCUT2D eigenvalue weighted by atomic mass is 10.8. The van der Waals surface area contributed by atoms with Gasteiger partial charge in [0.25, 0.3) is 0 Å². The monoisotopic (exact) mass is 154 g/mol. The number of rotatable bonds is 3. The molecule has 0 fully saturated rings. The maximum Gasteiger partial charge on any atom is 0.317 e. The van der Waals surface area contributed by atoms with Crippen molar-refractivity contribution in [2.75, 3.05) is 12.4 Å². The van der Waals surface area contributed by atoms with E-state index in [1.807, 2.05) is 0 Å². The Morgan fingerprint density at radius 1 is 1.88 bits per heavy atom. The number of halogens is 1. The number of ether oxygens (including phenoxy) is 1. The highest BCUT2D eigenvalue weighted by atomic mass is 35.7. The zero-order valence-corrected chi connectivity index (χ0v) is 6.09. The van der Waals surface area contributed by atoms with Crippen LogP contribution >= 0.6 is 21.7 Å². The molecule has 48 valence electrons. The molecule has 0 bridgehead atoms. The summed E-state index contributed by atoms with van der Waals surface area (Å²) in [5, 5.41) is 0. The zero-order valence-electron chi connectivity index (χ0n) is 4.52. The highest BCUT2D eigenvalue weighted by Gasteiger charge is 1.97. The van der Waals surface area contributed by atoms with Gasteiger partial charge in [-0.15, -0.1) is 0 Å². The van der Waals surface area contributed by atoms with Gasteiger partial charge in [0.2, 0.25) is 0 Å². The summed E-state index contributed by atoms with van der Waals surface area (Å²) in [6, 6.07) is 0. The quantitative estimate of drug-likeness (QED) is 0.576. The molecule has 0 aliphatic rings. The first-order valence-corrected chi connectivity index (χ1v) is 4.01. The Labute approximate surface area is 57.0 Å². The molecule has 0 aliphatic carbocycles. The lowest BCUT2D eigenvalue weighted by Gasteiger charge is -1.95. The molecule has 8 heavy (non-hydrogen) atoms. The van der Waals surface area contributed by atoms with E-state index in [1.54, 1.807) is 6.92 Å². The molecule has 0 amide bonds. The van der Waals surface area contributed by atoms with Gasteiger partial charge in [0.15, 0.2) is 0 Å². The highest BCUT2D eigenvalue weighted by molar-refractivity contribution is 8.21. The summed E-state index contributed by atoms with van der Waals surface area (Å²) >= 11 is 0. The van der Waals surface area contributed by atoms with Crippen molar-refractivity contribution in [3.05, 3.63) is 0 Å². The maximum absolute atomic E-state index is 10.3. The smallest absolute Gasteiger partial charge is 0.317 e. The number of carbonyl (C=O) groups excluding carboxylic acids is 1. The van der Waals surface area contributed by atoms with Gasteiger partial charge in [0.05, 0.1) is 6.61 Å². The molecule has 0 aromatic heterocycles. The van der Waals surface area contributed by atoms with E-state index in [1.165, 1.54) is 0 Å². The van der Waals surface area contributed by atoms with Crippen LogP contribution in [0, 0.1) is 0 Å². The molecule has 0 aromatic carbocycles. The molecule has 0 spiro atoms. The van der Waals surface area contributed by atoms with Gasteiger partial charge in [0.1, 0.15) is 5.75 Å². The second-order valence-electron chi connectivity index (χ2n) is 1.06. The van der Waals surface area contributed by atoms with Crippen molar-refractivity contribution in [2.45, 2.75) is 6.92 Å².